The summed E-state index contributed by atoms with van der Waals surface area (Å²) in [6.45, 7) is 1.39. The maximum absolute atomic E-state index is 10.9. The summed E-state index contributed by atoms with van der Waals surface area (Å²) in [5.74, 6) is 2.51. The van der Waals surface area contributed by atoms with Crippen LogP contribution in [0.2, 0.25) is 0 Å². The number of phosphoric ester groups is 1. The smallest absolute Gasteiger partial charge is 0.469 e. The molecular formula is C38H51N2O7PS2. The van der Waals surface area contributed by atoms with Crippen LogP contribution in [0.4, 0.5) is 0 Å². The standard InChI is InChI=1S/C19H26NO5PS.C19H25NO2S/c20-19(14-25-26(21,22)23)10-9-16(13-19)15-5-7-17(8-6-15)24-11-1-3-18-4-2-12-27-18;20-19(14-21)10-9-16(13-19)15-5-7-17(8-6-15)22-11-1-3-18-4-2-12-23-18/h2,4-8,12,16H,1,3,9-11,13-14,20H2,(H2,21,22,23);2,4-8,12,16,21H,1,3,9-11,13-14,20H2/t2*16-,19-/m11/s1. The molecular weight excluding hydrogens is 692 g/mol. The second-order valence-electron chi connectivity index (χ2n) is 13.7. The Morgan fingerprint density at radius 2 is 1.18 bits per heavy atom. The van der Waals surface area contributed by atoms with Crippen molar-refractivity contribution in [2.24, 2.45) is 11.5 Å². The molecule has 4 atom stereocenters. The van der Waals surface area contributed by atoms with Crippen LogP contribution in [-0.4, -0.2) is 52.4 Å². The number of rotatable bonds is 16. The van der Waals surface area contributed by atoms with Crippen molar-refractivity contribution in [3.63, 3.8) is 0 Å². The molecule has 2 aliphatic carbocycles. The molecule has 4 aromatic rings. The second kappa shape index (κ2) is 18.3. The van der Waals surface area contributed by atoms with Crippen LogP contribution in [0.15, 0.2) is 83.6 Å². The summed E-state index contributed by atoms with van der Waals surface area (Å²) >= 11 is 3.57. The lowest BCUT2D eigenvalue weighted by Crippen LogP contribution is -2.41. The van der Waals surface area contributed by atoms with Gasteiger partial charge in [-0.2, -0.15) is 0 Å². The van der Waals surface area contributed by atoms with Crippen molar-refractivity contribution in [2.45, 2.75) is 87.1 Å². The SMILES string of the molecule is N[C@]1(CO)CC[C@@H](c2ccc(OCCCc3cccs3)cc2)C1.N[C@]1(COP(=O)(O)O)CC[C@@H](c2ccc(OCCCc3cccs3)cc2)C1. The Kier molecular flexibility index (Phi) is 14.1. The quantitative estimate of drug-likeness (QED) is 0.0578. The highest BCUT2D eigenvalue weighted by atomic mass is 32.1. The predicted octanol–water partition coefficient (Wildman–Crippen LogP) is 7.55. The van der Waals surface area contributed by atoms with E-state index in [2.05, 4.69) is 75.9 Å². The second-order valence-corrected chi connectivity index (χ2v) is 17.0. The molecule has 2 aromatic carbocycles. The summed E-state index contributed by atoms with van der Waals surface area (Å²) in [6, 6.07) is 24.9. The normalized spacial score (nSPS) is 23.4. The largest absolute Gasteiger partial charge is 0.494 e. The molecule has 6 rings (SSSR count). The predicted molar refractivity (Wildman–Crippen MR) is 201 cm³/mol. The number of aryl methyl sites for hydroxylation is 2. The minimum atomic E-state index is -4.48. The molecule has 2 aliphatic rings. The zero-order valence-electron chi connectivity index (χ0n) is 28.5. The first-order valence-electron chi connectivity index (χ1n) is 17.4. The van der Waals surface area contributed by atoms with Crippen LogP contribution in [0, 0.1) is 0 Å². The third-order valence-corrected chi connectivity index (χ3v) is 12.0. The van der Waals surface area contributed by atoms with Gasteiger partial charge in [-0.3, -0.25) is 4.52 Å². The molecule has 0 amide bonds. The lowest BCUT2D eigenvalue weighted by molar-refractivity contribution is 0.153. The first kappa shape index (κ1) is 38.7. The van der Waals surface area contributed by atoms with Gasteiger partial charge < -0.3 is 35.8 Å². The van der Waals surface area contributed by atoms with Crippen LogP contribution in [-0.2, 0) is 21.9 Å². The summed E-state index contributed by atoms with van der Waals surface area (Å²) in [4.78, 5) is 20.5. The van der Waals surface area contributed by atoms with Gasteiger partial charge in [-0.15, -0.1) is 22.7 Å². The van der Waals surface area contributed by atoms with Crippen molar-refractivity contribution in [1.29, 1.82) is 0 Å². The highest BCUT2D eigenvalue weighted by molar-refractivity contribution is 7.46. The Hall–Kier alpha value is -2.57. The highest BCUT2D eigenvalue weighted by Gasteiger charge is 2.38. The average molecular weight is 743 g/mol. The minimum absolute atomic E-state index is 0.0783. The van der Waals surface area contributed by atoms with Crippen molar-refractivity contribution in [3.05, 3.63) is 104 Å². The molecule has 2 fully saturated rings. The number of benzene rings is 2. The first-order valence-corrected chi connectivity index (χ1v) is 20.7. The molecule has 0 saturated heterocycles. The van der Waals surface area contributed by atoms with E-state index >= 15 is 0 Å². The zero-order chi connectivity index (χ0) is 35.5. The average Bonchev–Trinajstić information content (AvgIpc) is 3.94. The third kappa shape index (κ3) is 12.3. The van der Waals surface area contributed by atoms with Crippen molar-refractivity contribution in [2.75, 3.05) is 26.4 Å². The number of hydrogen-bond donors (Lipinski definition) is 5. The number of nitrogens with two attached hydrogens (primary N) is 2. The fraction of sp³-hybridized carbons (Fsp3) is 0.474. The molecule has 272 valence electrons. The summed E-state index contributed by atoms with van der Waals surface area (Å²) in [6.07, 6.45) is 9.16. The van der Waals surface area contributed by atoms with Crippen LogP contribution < -0.4 is 20.9 Å². The van der Waals surface area contributed by atoms with Crippen molar-refractivity contribution < 1.29 is 33.5 Å². The molecule has 12 heteroatoms. The third-order valence-electron chi connectivity index (χ3n) is 9.66. The van der Waals surface area contributed by atoms with Gasteiger partial charge in [0.05, 0.1) is 26.4 Å². The maximum atomic E-state index is 10.9. The zero-order valence-corrected chi connectivity index (χ0v) is 31.1. The van der Waals surface area contributed by atoms with Crippen molar-refractivity contribution in [3.8, 4) is 11.5 Å². The van der Waals surface area contributed by atoms with Crippen LogP contribution >= 0.6 is 30.5 Å². The maximum Gasteiger partial charge on any atom is 0.469 e. The Morgan fingerprint density at radius 1 is 0.720 bits per heavy atom. The summed E-state index contributed by atoms with van der Waals surface area (Å²) < 4.78 is 27.2. The van der Waals surface area contributed by atoms with Crippen LogP contribution in [0.3, 0.4) is 0 Å². The number of aliphatic hydroxyl groups excluding tert-OH is 1. The highest BCUT2D eigenvalue weighted by Crippen LogP contribution is 2.44. The van der Waals surface area contributed by atoms with E-state index in [-0.39, 0.29) is 24.7 Å². The number of ether oxygens (including phenoxy) is 2. The molecule has 2 aromatic heterocycles. The lowest BCUT2D eigenvalue weighted by Gasteiger charge is -2.24. The summed E-state index contributed by atoms with van der Waals surface area (Å²) in [7, 11) is -4.48. The van der Waals surface area contributed by atoms with Gasteiger partial charge >= 0.3 is 7.82 Å². The molecule has 9 nitrogen and oxygen atoms in total. The van der Waals surface area contributed by atoms with Crippen LogP contribution in [0.5, 0.6) is 11.5 Å². The van der Waals surface area contributed by atoms with Crippen molar-refractivity contribution in [1.82, 2.24) is 0 Å². The Morgan fingerprint density at radius 3 is 1.58 bits per heavy atom. The molecule has 2 saturated carbocycles. The minimum Gasteiger partial charge on any atom is -0.494 e. The van der Waals surface area contributed by atoms with Gasteiger partial charge in [0, 0.05) is 20.8 Å². The molecule has 7 N–H and O–H groups in total. The van der Waals surface area contributed by atoms with E-state index in [1.807, 2.05) is 12.1 Å². The van der Waals surface area contributed by atoms with E-state index in [4.69, 9.17) is 30.7 Å². The van der Waals surface area contributed by atoms with Crippen LogP contribution in [0.25, 0.3) is 0 Å². The topological polar surface area (TPSA) is 157 Å². The van der Waals surface area contributed by atoms with E-state index in [9.17, 15) is 9.67 Å². The first-order chi connectivity index (χ1) is 24.0. The van der Waals surface area contributed by atoms with E-state index in [0.29, 0.717) is 25.4 Å². The van der Waals surface area contributed by atoms with Gasteiger partial charge in [0.1, 0.15) is 11.5 Å². The number of hydrogen-bond acceptors (Lipinski definition) is 9. The lowest BCUT2D eigenvalue weighted by atomic mass is 9.94. The van der Waals surface area contributed by atoms with Gasteiger partial charge in [-0.1, -0.05) is 36.4 Å². The molecule has 2 heterocycles. The van der Waals surface area contributed by atoms with Gasteiger partial charge in [0.2, 0.25) is 0 Å². The van der Waals surface area contributed by atoms with Crippen molar-refractivity contribution >= 4 is 30.5 Å². The number of thiophene rings is 2. The molecule has 0 bridgehead atoms. The fourth-order valence-corrected chi connectivity index (χ4v) is 8.75. The van der Waals surface area contributed by atoms with Gasteiger partial charge in [0.25, 0.3) is 0 Å². The Bertz CT molecular complexity index is 1600. The van der Waals surface area contributed by atoms with Gasteiger partial charge in [0.15, 0.2) is 0 Å². The van der Waals surface area contributed by atoms with Gasteiger partial charge in [-0.25, -0.2) is 4.57 Å². The van der Waals surface area contributed by atoms with E-state index in [1.54, 1.807) is 22.7 Å². The van der Waals surface area contributed by atoms with E-state index < -0.39 is 13.4 Å². The summed E-state index contributed by atoms with van der Waals surface area (Å²) in [5, 5.41) is 13.6. The van der Waals surface area contributed by atoms with Gasteiger partial charge in [-0.05, 0) is 134 Å². The van der Waals surface area contributed by atoms with E-state index in [1.165, 1.54) is 20.9 Å². The number of aliphatic hydroxyl groups is 1. The van der Waals surface area contributed by atoms with Crippen LogP contribution in [0.1, 0.15) is 84.1 Å². The Balaban J connectivity index is 0.000000197. The van der Waals surface area contributed by atoms with E-state index in [0.717, 1.165) is 69.5 Å². The molecule has 0 unspecified atom stereocenters. The fourth-order valence-electron chi connectivity index (χ4n) is 6.82. The molecule has 0 radical (unpaired) electrons. The molecule has 0 spiro atoms. The monoisotopic (exact) mass is 742 g/mol. The number of phosphoric acid groups is 1. The molecule has 50 heavy (non-hydrogen) atoms. The Labute approximate surface area is 303 Å². The molecule has 0 aliphatic heterocycles. The summed E-state index contributed by atoms with van der Waals surface area (Å²) in [5.41, 5.74) is 13.8.